The highest BCUT2D eigenvalue weighted by atomic mass is 16.5. The number of carboxylic acid groups (broad SMARTS) is 1. The van der Waals surface area contributed by atoms with Crippen LogP contribution in [-0.4, -0.2) is 129 Å². The molecule has 1 aliphatic heterocycles. The highest BCUT2D eigenvalue weighted by molar-refractivity contribution is 6.39. The maximum absolute atomic E-state index is 13.5. The number of carbonyl (C=O) groups excluding carboxylic acids is 4. The molecule has 1 saturated heterocycles. The molecule has 2 fully saturated rings. The van der Waals surface area contributed by atoms with Crippen LogP contribution in [-0.2, 0) is 33.4 Å². The number of hydrogen-bond acceptors (Lipinski definition) is 12. The Morgan fingerprint density at radius 1 is 0.862 bits per heavy atom. The molecule has 0 spiro atoms. The van der Waals surface area contributed by atoms with Crippen LogP contribution in [0.25, 0.3) is 0 Å². The quantitative estimate of drug-likeness (QED) is 0.0158. The highest BCUT2D eigenvalue weighted by Crippen LogP contribution is 2.33. The first-order valence-electron chi connectivity index (χ1n) is 23.8. The van der Waals surface area contributed by atoms with Crippen LogP contribution < -0.4 is 0 Å². The molecule has 65 heavy (non-hydrogen) atoms. The Bertz CT molecular complexity index is 1600. The molecule has 0 aromatic heterocycles. The second kappa shape index (κ2) is 30.8. The van der Waals surface area contributed by atoms with Crippen LogP contribution in [0.1, 0.15) is 145 Å². The van der Waals surface area contributed by atoms with Crippen LogP contribution in [0, 0.1) is 35.5 Å². The van der Waals surface area contributed by atoms with Crippen molar-refractivity contribution < 1.29 is 64.1 Å². The second-order valence-corrected chi connectivity index (χ2v) is 18.9. The van der Waals surface area contributed by atoms with Crippen LogP contribution in [0.4, 0.5) is 0 Å². The van der Waals surface area contributed by atoms with Gasteiger partial charge in [0.15, 0.2) is 5.78 Å². The molecule has 0 aromatic rings. The number of carbonyl (C=O) groups is 5. The van der Waals surface area contributed by atoms with E-state index in [0.29, 0.717) is 55.9 Å². The fraction of sp³-hybridized carbons (Fsp3) is 0.745. The van der Waals surface area contributed by atoms with Crippen molar-refractivity contribution in [1.82, 2.24) is 4.90 Å². The van der Waals surface area contributed by atoms with E-state index >= 15 is 0 Å². The van der Waals surface area contributed by atoms with E-state index in [1.54, 1.807) is 20.1 Å². The first kappa shape index (κ1) is 59.6. The lowest BCUT2D eigenvalue weighted by atomic mass is 9.79. The van der Waals surface area contributed by atoms with Crippen LogP contribution in [0.15, 0.2) is 47.6 Å². The minimum absolute atomic E-state index is 0.0786. The smallest absolute Gasteiger partial charge is 0.326 e. The average molecular weight is 920 g/mol. The number of nitrogens with zero attached hydrogens (tertiary/aromatic N) is 1. The Labute approximate surface area is 389 Å². The molecule has 2 rings (SSSR count). The van der Waals surface area contributed by atoms with Crippen molar-refractivity contribution >= 4 is 29.2 Å². The molecule has 11 atom stereocenters. The first-order valence-corrected chi connectivity index (χ1v) is 23.8. The van der Waals surface area contributed by atoms with Crippen molar-refractivity contribution in [2.75, 3.05) is 27.9 Å². The van der Waals surface area contributed by atoms with E-state index in [0.717, 1.165) is 68.9 Å². The van der Waals surface area contributed by atoms with Crippen molar-refractivity contribution in [1.29, 1.82) is 0 Å². The number of ketones is 3. The van der Waals surface area contributed by atoms with E-state index in [1.165, 1.54) is 14.0 Å². The Hall–Kier alpha value is -3.37. The molecule has 7 unspecified atom stereocenters. The number of amides is 1. The molecule has 1 aliphatic carbocycles. The van der Waals surface area contributed by atoms with E-state index in [1.807, 2.05) is 58.1 Å². The van der Waals surface area contributed by atoms with Gasteiger partial charge in [-0.3, -0.25) is 19.2 Å². The van der Waals surface area contributed by atoms with Crippen molar-refractivity contribution in [3.63, 3.8) is 0 Å². The van der Waals surface area contributed by atoms with Gasteiger partial charge >= 0.3 is 5.97 Å². The zero-order valence-electron chi connectivity index (χ0n) is 41.1. The maximum atomic E-state index is 13.5. The number of allylic oxidation sites excluding steroid dienone is 7. The van der Waals surface area contributed by atoms with Crippen LogP contribution in [0.2, 0.25) is 0 Å². The summed E-state index contributed by atoms with van der Waals surface area (Å²) in [5.74, 6) is -7.51. The molecular formula is C51H85NO13. The van der Waals surface area contributed by atoms with E-state index in [9.17, 15) is 49.5 Å². The van der Waals surface area contributed by atoms with Gasteiger partial charge in [-0.1, -0.05) is 89.5 Å². The molecule has 372 valence electrons. The fourth-order valence-corrected chi connectivity index (χ4v) is 9.02. The van der Waals surface area contributed by atoms with Crippen LogP contribution in [0.5, 0.6) is 0 Å². The summed E-state index contributed by atoms with van der Waals surface area (Å²) in [5.41, 5.74) is 1.69. The average Bonchev–Trinajstić information content (AvgIpc) is 3.28. The molecule has 14 nitrogen and oxygen atoms in total. The normalized spacial score (nSPS) is 23.2. The number of hydrogen-bond donors (Lipinski definition) is 6. The lowest BCUT2D eigenvalue weighted by Crippen LogP contribution is -2.57. The van der Waals surface area contributed by atoms with E-state index in [2.05, 4.69) is 6.92 Å². The lowest BCUT2D eigenvalue weighted by Gasteiger charge is -2.35. The summed E-state index contributed by atoms with van der Waals surface area (Å²) >= 11 is 0. The predicted octanol–water partition coefficient (Wildman–Crippen LogP) is 6.70. The molecule has 1 amide bonds. The second-order valence-electron chi connectivity index (χ2n) is 18.9. The number of carboxylic acids is 1. The zero-order chi connectivity index (χ0) is 49.4. The van der Waals surface area contributed by atoms with E-state index in [-0.39, 0.29) is 42.5 Å². The molecule has 0 aromatic carbocycles. The van der Waals surface area contributed by atoms with Gasteiger partial charge in [0, 0.05) is 52.0 Å². The van der Waals surface area contributed by atoms with Crippen molar-refractivity contribution in [3.8, 4) is 0 Å². The highest BCUT2D eigenvalue weighted by Gasteiger charge is 2.47. The van der Waals surface area contributed by atoms with E-state index in [4.69, 9.17) is 14.6 Å². The number of unbranched alkanes of at least 4 members (excludes halogenated alkanes) is 2. The minimum Gasteiger partial charge on any atom is -0.480 e. The molecule has 6 N–H and O–H groups in total. The number of rotatable bonds is 28. The van der Waals surface area contributed by atoms with Gasteiger partial charge in [0.05, 0.1) is 12.2 Å². The van der Waals surface area contributed by atoms with Crippen LogP contribution in [0.3, 0.4) is 0 Å². The van der Waals surface area contributed by atoms with Gasteiger partial charge in [0.1, 0.15) is 24.0 Å². The molecular weight excluding hydrogens is 835 g/mol. The molecule has 1 heterocycles. The van der Waals surface area contributed by atoms with Gasteiger partial charge in [-0.15, -0.1) is 0 Å². The Morgan fingerprint density at radius 2 is 1.54 bits per heavy atom. The number of aliphatic hydroxyl groups is 5. The topological polar surface area (TPSA) is 228 Å². The summed E-state index contributed by atoms with van der Waals surface area (Å²) in [6.45, 7) is 13.2. The van der Waals surface area contributed by atoms with Gasteiger partial charge in [0.25, 0.3) is 11.7 Å². The molecule has 2 aliphatic rings. The minimum atomic E-state index is -2.87. The summed E-state index contributed by atoms with van der Waals surface area (Å²) in [7, 11) is 4.06. The Kier molecular flexibility index (Phi) is 28.3. The standard InChI is InChI=1S/C50H81NO12.CH4O/c1-32(19-13-11-15-21-38(7)50(60,61)47(56)48(57)51-27-17-16-22-40(51)49(58)59)18-12-10-14-20-33(2)28-36(5)44(54)46(63-9)45(55)37(6)30-35(4)41(52)25-23-34(3)29-39-24-26-42(53)43(31-39)62-8;1-2/h10,12,14,18,20,30,33-36,38-40,42-43,45-46,53,55,60-61H,11,13,15-17,19,21-29,31H2,1-9H3,(H,58,59);2H,1H3/b12-10+,20-14+,32-18+,37-30+;/t33-,34+,35-,36?,38?,39?,40?,42?,43?,45?,46+;/m1./s1. The third kappa shape index (κ3) is 20.2. The van der Waals surface area contributed by atoms with Crippen molar-refractivity contribution in [2.24, 2.45) is 35.5 Å². The predicted molar refractivity (Wildman–Crippen MR) is 251 cm³/mol. The van der Waals surface area contributed by atoms with Crippen molar-refractivity contribution in [2.45, 2.75) is 181 Å². The third-order valence-electron chi connectivity index (χ3n) is 13.3. The number of aliphatic carboxylic acids is 1. The SMILES string of the molecule is CO.COC1CC(C[C@@H](C)CCC(=O)[C@H](C)/C=C(\C)C(O)[C@@H](OC)C(=O)C(C)C[C@H](C)/C=C/C=C/C=C(\C)CCCCCC(C)C(O)(O)C(=O)C(=O)N2CCCCC2C(=O)O)CCC1O. The van der Waals surface area contributed by atoms with Gasteiger partial charge in [-0.25, -0.2) is 4.79 Å². The van der Waals surface area contributed by atoms with Gasteiger partial charge in [-0.2, -0.15) is 0 Å². The lowest BCUT2D eigenvalue weighted by molar-refractivity contribution is -0.205. The van der Waals surface area contributed by atoms with Crippen LogP contribution >= 0.6 is 0 Å². The number of piperidine rings is 1. The van der Waals surface area contributed by atoms with Gasteiger partial charge in [-0.05, 0) is 114 Å². The summed E-state index contributed by atoms with van der Waals surface area (Å²) in [4.78, 5) is 64.5. The molecule has 14 heteroatoms. The molecule has 0 radical (unpaired) electrons. The summed E-state index contributed by atoms with van der Waals surface area (Å²) in [5, 5.41) is 58.9. The summed E-state index contributed by atoms with van der Waals surface area (Å²) < 4.78 is 11.0. The monoisotopic (exact) mass is 920 g/mol. The zero-order valence-corrected chi connectivity index (χ0v) is 41.1. The first-order chi connectivity index (χ1) is 30.7. The number of methoxy groups -OCH3 is 2. The Morgan fingerprint density at radius 3 is 2.17 bits per heavy atom. The number of aliphatic hydroxyl groups excluding tert-OH is 3. The van der Waals surface area contributed by atoms with E-state index < -0.39 is 59.6 Å². The number of ether oxygens (including phenoxy) is 2. The summed E-state index contributed by atoms with van der Waals surface area (Å²) in [6.07, 6.45) is 18.9. The van der Waals surface area contributed by atoms with Gasteiger partial charge in [0.2, 0.25) is 5.79 Å². The fourth-order valence-electron chi connectivity index (χ4n) is 9.02. The molecule has 1 saturated carbocycles. The maximum Gasteiger partial charge on any atom is 0.326 e. The number of likely N-dealkylation sites (tertiary alicyclic amines) is 1. The van der Waals surface area contributed by atoms with Gasteiger partial charge < -0.3 is 45.0 Å². The third-order valence-corrected chi connectivity index (χ3v) is 13.3. The molecule has 0 bridgehead atoms. The number of Topliss-reactive ketones (excluding diaryl/α,β-unsaturated/α-hetero) is 3. The Balaban J connectivity index is 0.0000104. The summed E-state index contributed by atoms with van der Waals surface area (Å²) in [6, 6.07) is -1.14. The largest absolute Gasteiger partial charge is 0.480 e. The van der Waals surface area contributed by atoms with Crippen molar-refractivity contribution in [3.05, 3.63) is 47.6 Å².